The van der Waals surface area contributed by atoms with Gasteiger partial charge in [-0.15, -0.1) is 0 Å². The summed E-state index contributed by atoms with van der Waals surface area (Å²) in [5.41, 5.74) is 0. The standard InChI is InChI=1S/3C18H36O2.C5H7NO3/c3*1-17(2)15-13-11-9-7-5-3-4-6-8-10-12-14-16-18(19)20;7-4-2-1-3(6-4)5(8)9/h3*17H,3-16H2,1-2H3,(H,19,20);3H,1-2H2,(H,6,7)(H,8,9)/t;;;3-/m...0/s1. The Balaban J connectivity index is -0.000000867. The highest BCUT2D eigenvalue weighted by Gasteiger charge is 2.26. The first-order chi connectivity index (χ1) is 33.1. The van der Waals surface area contributed by atoms with Gasteiger partial charge in [0.15, 0.2) is 0 Å². The average molecular weight is 983 g/mol. The number of carbonyl (C=O) groups is 5. The lowest BCUT2D eigenvalue weighted by molar-refractivity contribution is -0.140. The summed E-state index contributed by atoms with van der Waals surface area (Å²) in [5.74, 6) is -0.472. The van der Waals surface area contributed by atoms with E-state index in [0.29, 0.717) is 32.1 Å². The first-order valence-electron chi connectivity index (χ1n) is 29.3. The second-order valence-electron chi connectivity index (χ2n) is 21.7. The van der Waals surface area contributed by atoms with Crippen molar-refractivity contribution in [2.45, 2.75) is 330 Å². The minimum absolute atomic E-state index is 0.164. The Kier molecular flexibility index (Phi) is 57.6. The summed E-state index contributed by atoms with van der Waals surface area (Å²) >= 11 is 0. The molecule has 0 radical (unpaired) electrons. The van der Waals surface area contributed by atoms with E-state index in [1.54, 1.807) is 0 Å². The highest BCUT2D eigenvalue weighted by Crippen LogP contribution is 2.17. The minimum Gasteiger partial charge on any atom is -0.481 e. The van der Waals surface area contributed by atoms with Crippen molar-refractivity contribution in [3.8, 4) is 0 Å². The maximum atomic E-state index is 10.4. The molecule has 0 spiro atoms. The maximum absolute atomic E-state index is 10.4. The van der Waals surface area contributed by atoms with Crippen molar-refractivity contribution in [3.63, 3.8) is 0 Å². The monoisotopic (exact) mass is 982 g/mol. The maximum Gasteiger partial charge on any atom is 0.326 e. The second kappa shape index (κ2) is 56.3. The molecule has 1 heterocycles. The lowest BCUT2D eigenvalue weighted by Gasteiger charge is -2.04. The summed E-state index contributed by atoms with van der Waals surface area (Å²) in [6.45, 7) is 13.8. The van der Waals surface area contributed by atoms with E-state index in [4.69, 9.17) is 20.4 Å². The fourth-order valence-electron chi connectivity index (χ4n) is 8.59. The molecule has 1 fully saturated rings. The number of nitrogens with one attached hydrogen (secondary N) is 1. The number of hydrogen-bond acceptors (Lipinski definition) is 5. The molecule has 1 rings (SSSR count). The Morgan fingerprint density at radius 2 is 0.551 bits per heavy atom. The van der Waals surface area contributed by atoms with E-state index < -0.39 is 29.9 Å². The number of carboxylic acids is 4. The minimum atomic E-state index is -0.944. The molecule has 1 atom stereocenters. The summed E-state index contributed by atoms with van der Waals surface area (Å²) < 4.78 is 0. The zero-order chi connectivity index (χ0) is 52.0. The van der Waals surface area contributed by atoms with E-state index in [2.05, 4.69) is 46.9 Å². The van der Waals surface area contributed by atoms with Crippen LogP contribution in [0.4, 0.5) is 0 Å². The van der Waals surface area contributed by atoms with Gasteiger partial charge in [-0.05, 0) is 43.4 Å². The SMILES string of the molecule is CC(C)CCCCCCCCCCCCCCC(=O)O.CC(C)CCCCCCCCCCCCCCC(=O)O.CC(C)CCCCCCCCCCCCCCC(=O)O.O=C1CC[C@@H](C(=O)O)N1. The molecule has 69 heavy (non-hydrogen) atoms. The van der Waals surface area contributed by atoms with Crippen LogP contribution in [0, 0.1) is 17.8 Å². The van der Waals surface area contributed by atoms with Crippen LogP contribution in [0.5, 0.6) is 0 Å². The largest absolute Gasteiger partial charge is 0.481 e. The molecule has 0 saturated carbocycles. The van der Waals surface area contributed by atoms with Gasteiger partial charge in [0.1, 0.15) is 6.04 Å². The topological polar surface area (TPSA) is 178 Å². The predicted octanol–water partition coefficient (Wildman–Crippen LogP) is 17.9. The van der Waals surface area contributed by atoms with E-state index in [1.807, 2.05) is 0 Å². The van der Waals surface area contributed by atoms with Crippen LogP contribution in [0.15, 0.2) is 0 Å². The van der Waals surface area contributed by atoms with Gasteiger partial charge >= 0.3 is 23.9 Å². The summed E-state index contributed by atoms with van der Waals surface area (Å²) in [5, 5.41) is 36.2. The van der Waals surface area contributed by atoms with E-state index >= 15 is 0 Å². The van der Waals surface area contributed by atoms with Crippen molar-refractivity contribution in [3.05, 3.63) is 0 Å². The fourth-order valence-corrected chi connectivity index (χ4v) is 8.59. The number of rotatable bonds is 46. The zero-order valence-electron chi connectivity index (χ0n) is 46.3. The van der Waals surface area contributed by atoms with Crippen molar-refractivity contribution in [2.24, 2.45) is 17.8 Å². The molecule has 1 aliphatic rings. The molecule has 0 bridgehead atoms. The molecule has 0 unspecified atom stereocenters. The van der Waals surface area contributed by atoms with Crippen LogP contribution in [0.2, 0.25) is 0 Å². The highest BCUT2D eigenvalue weighted by molar-refractivity contribution is 5.87. The quantitative estimate of drug-likeness (QED) is 0.0371. The predicted molar refractivity (Wildman–Crippen MR) is 290 cm³/mol. The van der Waals surface area contributed by atoms with E-state index in [-0.39, 0.29) is 5.91 Å². The summed E-state index contributed by atoms with van der Waals surface area (Å²) in [6, 6.07) is -0.641. The van der Waals surface area contributed by atoms with Crippen molar-refractivity contribution in [2.75, 3.05) is 0 Å². The first kappa shape index (κ1) is 70.6. The number of carbonyl (C=O) groups excluding carboxylic acids is 1. The number of unbranched alkanes of at least 4 members (excludes halogenated alkanes) is 33. The lowest BCUT2D eigenvalue weighted by Crippen LogP contribution is -2.32. The van der Waals surface area contributed by atoms with Gasteiger partial charge in [-0.2, -0.15) is 0 Å². The third-order valence-corrected chi connectivity index (χ3v) is 13.1. The number of aliphatic carboxylic acids is 4. The fraction of sp³-hybridized carbons (Fsp3) is 0.915. The molecule has 0 aromatic heterocycles. The molecule has 0 aromatic rings. The number of amides is 1. The van der Waals surface area contributed by atoms with Crippen LogP contribution in [-0.4, -0.2) is 56.3 Å². The summed E-state index contributed by atoms with van der Waals surface area (Å²) in [6.07, 6.45) is 52.7. The van der Waals surface area contributed by atoms with E-state index in [0.717, 1.165) is 56.3 Å². The Morgan fingerprint density at radius 3 is 0.681 bits per heavy atom. The van der Waals surface area contributed by atoms with Gasteiger partial charge < -0.3 is 25.7 Å². The molecule has 10 nitrogen and oxygen atoms in total. The first-order valence-corrected chi connectivity index (χ1v) is 29.3. The Morgan fingerprint density at radius 1 is 0.362 bits per heavy atom. The van der Waals surface area contributed by atoms with Gasteiger partial charge in [0.2, 0.25) is 5.91 Å². The van der Waals surface area contributed by atoms with Crippen LogP contribution in [0.25, 0.3) is 0 Å². The second-order valence-corrected chi connectivity index (χ2v) is 21.7. The summed E-state index contributed by atoms with van der Waals surface area (Å²) in [7, 11) is 0. The van der Waals surface area contributed by atoms with Gasteiger partial charge in [0, 0.05) is 25.7 Å². The molecule has 1 aliphatic heterocycles. The molecule has 5 N–H and O–H groups in total. The zero-order valence-corrected chi connectivity index (χ0v) is 46.3. The van der Waals surface area contributed by atoms with Crippen molar-refractivity contribution < 1.29 is 44.4 Å². The van der Waals surface area contributed by atoms with Crippen molar-refractivity contribution in [1.82, 2.24) is 5.32 Å². The number of carboxylic acid groups (broad SMARTS) is 4. The van der Waals surface area contributed by atoms with E-state index in [1.165, 1.54) is 212 Å². The molecule has 0 aromatic carbocycles. The normalized spacial score (nSPS) is 13.1. The third kappa shape index (κ3) is 69.7. The Labute approximate surface area is 425 Å². The number of hydrogen-bond donors (Lipinski definition) is 5. The van der Waals surface area contributed by atoms with Crippen LogP contribution >= 0.6 is 0 Å². The van der Waals surface area contributed by atoms with E-state index in [9.17, 15) is 24.0 Å². The molecule has 0 aliphatic carbocycles. The Bertz CT molecular complexity index is 1030. The molecule has 10 heteroatoms. The van der Waals surface area contributed by atoms with Gasteiger partial charge in [0.05, 0.1) is 0 Å². The summed E-state index contributed by atoms with van der Waals surface area (Å²) in [4.78, 5) is 51.5. The Hall–Kier alpha value is -2.65. The lowest BCUT2D eigenvalue weighted by atomic mass is 10.0. The van der Waals surface area contributed by atoms with Crippen LogP contribution in [0.3, 0.4) is 0 Å². The average Bonchev–Trinajstić information content (AvgIpc) is 3.73. The molecule has 410 valence electrons. The molecular formula is C59H115NO9. The molecule has 1 amide bonds. The molecular weight excluding hydrogens is 867 g/mol. The van der Waals surface area contributed by atoms with Gasteiger partial charge in [-0.3, -0.25) is 19.2 Å². The molecule has 1 saturated heterocycles. The van der Waals surface area contributed by atoms with Crippen molar-refractivity contribution in [1.29, 1.82) is 0 Å². The van der Waals surface area contributed by atoms with Crippen LogP contribution < -0.4 is 5.32 Å². The van der Waals surface area contributed by atoms with Gasteiger partial charge in [0.25, 0.3) is 0 Å². The highest BCUT2D eigenvalue weighted by atomic mass is 16.4. The van der Waals surface area contributed by atoms with Crippen LogP contribution in [-0.2, 0) is 24.0 Å². The third-order valence-electron chi connectivity index (χ3n) is 13.1. The smallest absolute Gasteiger partial charge is 0.326 e. The van der Waals surface area contributed by atoms with Crippen LogP contribution in [0.1, 0.15) is 324 Å². The van der Waals surface area contributed by atoms with Crippen molar-refractivity contribution >= 4 is 29.8 Å². The van der Waals surface area contributed by atoms with Gasteiger partial charge in [-0.1, -0.05) is 273 Å². The van der Waals surface area contributed by atoms with Gasteiger partial charge in [-0.25, -0.2) is 4.79 Å².